The van der Waals surface area contributed by atoms with E-state index in [4.69, 9.17) is 9.47 Å². The van der Waals surface area contributed by atoms with Gasteiger partial charge in [0.1, 0.15) is 18.0 Å². The smallest absolute Gasteiger partial charge is 0.279 e. The van der Waals surface area contributed by atoms with Crippen LogP contribution in [0.25, 0.3) is 0 Å². The third-order valence-corrected chi connectivity index (χ3v) is 5.68. The molecule has 3 atom stereocenters. The fraction of sp³-hybridized carbons (Fsp3) is 0.286. The van der Waals surface area contributed by atoms with E-state index < -0.39 is 28.5 Å². The van der Waals surface area contributed by atoms with E-state index in [-0.39, 0.29) is 17.9 Å². The molecule has 11 nitrogen and oxygen atoms in total. The molecule has 1 saturated heterocycles. The highest BCUT2D eigenvalue weighted by Crippen LogP contribution is 2.49. The number of hydrogen-bond donors (Lipinski definition) is 2. The molecule has 0 bridgehead atoms. The van der Waals surface area contributed by atoms with Crippen molar-refractivity contribution in [2.45, 2.75) is 11.8 Å². The second-order valence-electron chi connectivity index (χ2n) is 7.30. The Morgan fingerprint density at radius 3 is 2.75 bits per heavy atom. The Labute approximate surface area is 182 Å². The number of hydrazone groups is 1. The van der Waals surface area contributed by atoms with Gasteiger partial charge in [0.2, 0.25) is 5.72 Å². The van der Waals surface area contributed by atoms with E-state index in [2.05, 4.69) is 10.5 Å². The number of ether oxygens (including phenoxy) is 2. The minimum absolute atomic E-state index is 0.158. The van der Waals surface area contributed by atoms with Gasteiger partial charge in [0.25, 0.3) is 11.6 Å². The van der Waals surface area contributed by atoms with Crippen molar-refractivity contribution >= 4 is 17.3 Å². The van der Waals surface area contributed by atoms with Gasteiger partial charge >= 0.3 is 0 Å². The van der Waals surface area contributed by atoms with Crippen LogP contribution >= 0.6 is 0 Å². The molecule has 0 saturated carbocycles. The number of nitrogens with zero attached hydrogens (tertiary/aromatic N) is 4. The number of benzene rings is 2. The monoisotopic (exact) mass is 437 g/mol. The van der Waals surface area contributed by atoms with Crippen molar-refractivity contribution in [1.82, 2.24) is 10.3 Å². The van der Waals surface area contributed by atoms with Crippen LogP contribution in [0.2, 0.25) is 0 Å². The number of likely N-dealkylation sites (tertiary alicyclic amines) is 1. The first kappa shape index (κ1) is 21.1. The fourth-order valence-electron chi connectivity index (χ4n) is 4.25. The van der Waals surface area contributed by atoms with E-state index in [0.29, 0.717) is 22.6 Å². The van der Waals surface area contributed by atoms with Crippen LogP contribution in [0.3, 0.4) is 0 Å². The summed E-state index contributed by atoms with van der Waals surface area (Å²) in [5.41, 5.74) is 1.32. The summed E-state index contributed by atoms with van der Waals surface area (Å²) in [4.78, 5) is 25.2. The summed E-state index contributed by atoms with van der Waals surface area (Å²) in [6, 6.07) is 11.9. The molecule has 2 N–H and O–H groups in total. The van der Waals surface area contributed by atoms with E-state index in [0.717, 1.165) is 0 Å². The lowest BCUT2D eigenvalue weighted by Gasteiger charge is -2.28. The molecular formula is C21H19N5O6. The molecule has 2 aromatic carbocycles. The van der Waals surface area contributed by atoms with Gasteiger partial charge in [-0.2, -0.15) is 10.4 Å². The minimum atomic E-state index is -2.13. The molecule has 0 aliphatic carbocycles. The Kier molecular flexibility index (Phi) is 5.15. The normalized spacial score (nSPS) is 23.8. The van der Waals surface area contributed by atoms with Crippen LogP contribution in [0.1, 0.15) is 17.2 Å². The van der Waals surface area contributed by atoms with Crippen LogP contribution < -0.4 is 14.9 Å². The summed E-state index contributed by atoms with van der Waals surface area (Å²) in [5, 5.41) is 36.1. The maximum Gasteiger partial charge on any atom is 0.279 e. The van der Waals surface area contributed by atoms with Crippen molar-refractivity contribution in [3.63, 3.8) is 0 Å². The summed E-state index contributed by atoms with van der Waals surface area (Å²) in [6.45, 7) is -0.299. The second kappa shape index (κ2) is 7.82. The third kappa shape index (κ3) is 3.09. The average molecular weight is 437 g/mol. The number of fused-ring (bicyclic) bond motifs is 1. The molecule has 2 aromatic rings. The predicted octanol–water partition coefficient (Wildman–Crippen LogP) is 1.33. The molecule has 1 amide bonds. The van der Waals surface area contributed by atoms with Crippen molar-refractivity contribution < 1.29 is 24.3 Å². The van der Waals surface area contributed by atoms with Crippen LogP contribution in [0.15, 0.2) is 47.6 Å². The Bertz CT molecular complexity index is 1180. The number of nitro groups is 1. The van der Waals surface area contributed by atoms with Gasteiger partial charge in [-0.05, 0) is 18.2 Å². The largest absolute Gasteiger partial charge is 0.497 e. The van der Waals surface area contributed by atoms with Crippen molar-refractivity contribution in [2.24, 2.45) is 11.0 Å². The molecule has 1 fully saturated rings. The van der Waals surface area contributed by atoms with Gasteiger partial charge in [-0.15, -0.1) is 0 Å². The molecule has 32 heavy (non-hydrogen) atoms. The summed E-state index contributed by atoms with van der Waals surface area (Å²) in [7, 11) is 2.95. The summed E-state index contributed by atoms with van der Waals surface area (Å²) < 4.78 is 10.8. The van der Waals surface area contributed by atoms with E-state index >= 15 is 0 Å². The molecule has 2 aliphatic heterocycles. The topological polar surface area (TPSA) is 150 Å². The van der Waals surface area contributed by atoms with Crippen LogP contribution in [0.4, 0.5) is 5.69 Å². The standard InChI is InChI=1S/C21H19N5O6/c1-31-14-6-7-16(32-2)15(11-14)19-17-18(12-4-3-5-13(10-12)26(29)30)23-24-21(17,28)20(27)25(19)9-8-22/h3-7,10-11,17,19,24,28H,9H2,1-2H3. The number of hydrogen-bond acceptors (Lipinski definition) is 9. The molecule has 11 heteroatoms. The lowest BCUT2D eigenvalue weighted by atomic mass is 9.82. The molecule has 2 heterocycles. The van der Waals surface area contributed by atoms with Gasteiger partial charge in [-0.1, -0.05) is 12.1 Å². The number of non-ortho nitro benzene ring substituents is 1. The van der Waals surface area contributed by atoms with Crippen molar-refractivity contribution in [3.8, 4) is 17.6 Å². The molecule has 0 radical (unpaired) electrons. The Hall–Kier alpha value is -4.17. The van der Waals surface area contributed by atoms with Crippen LogP contribution in [-0.2, 0) is 4.79 Å². The third-order valence-electron chi connectivity index (χ3n) is 5.68. The molecule has 164 valence electrons. The number of carbonyl (C=O) groups is 1. The van der Waals surface area contributed by atoms with Gasteiger partial charge in [-0.25, -0.2) is 0 Å². The molecule has 3 unspecified atom stereocenters. The second-order valence-corrected chi connectivity index (χ2v) is 7.30. The highest BCUT2D eigenvalue weighted by atomic mass is 16.6. The van der Waals surface area contributed by atoms with Crippen molar-refractivity contribution in [2.75, 3.05) is 20.8 Å². The van der Waals surface area contributed by atoms with E-state index in [9.17, 15) is 25.3 Å². The Balaban J connectivity index is 1.90. The van der Waals surface area contributed by atoms with E-state index in [1.165, 1.54) is 37.3 Å². The molecule has 0 spiro atoms. The lowest BCUT2D eigenvalue weighted by molar-refractivity contribution is -0.384. The number of nitro benzene ring substituents is 1. The van der Waals surface area contributed by atoms with Crippen LogP contribution in [0, 0.1) is 27.4 Å². The van der Waals surface area contributed by atoms with Gasteiger partial charge in [-0.3, -0.25) is 20.3 Å². The first-order chi connectivity index (χ1) is 15.3. The highest BCUT2D eigenvalue weighted by molar-refractivity contribution is 6.10. The van der Waals surface area contributed by atoms with Gasteiger partial charge in [0.15, 0.2) is 0 Å². The fourth-order valence-corrected chi connectivity index (χ4v) is 4.25. The van der Waals surface area contributed by atoms with Gasteiger partial charge < -0.3 is 19.5 Å². The van der Waals surface area contributed by atoms with E-state index in [1.807, 2.05) is 6.07 Å². The van der Waals surface area contributed by atoms with Gasteiger partial charge in [0, 0.05) is 23.3 Å². The summed E-state index contributed by atoms with van der Waals surface area (Å²) in [5.74, 6) is -0.809. The summed E-state index contributed by atoms with van der Waals surface area (Å²) in [6.07, 6.45) is 0. The number of methoxy groups -OCH3 is 2. The SMILES string of the molecule is COc1ccc(OC)c(C2C3C(c4cccc([N+](=O)[O-])c4)=NNC3(O)C(=O)N2CC#N)c1. The number of amides is 1. The predicted molar refractivity (Wildman–Crippen MR) is 111 cm³/mol. The number of nitrogens with one attached hydrogen (secondary N) is 1. The van der Waals surface area contributed by atoms with Crippen LogP contribution in [0.5, 0.6) is 11.5 Å². The molecule has 4 rings (SSSR count). The number of carbonyl (C=O) groups excluding carboxylic acids is 1. The first-order valence-electron chi connectivity index (χ1n) is 9.57. The van der Waals surface area contributed by atoms with Gasteiger partial charge in [0.05, 0.1) is 42.9 Å². The number of aliphatic hydroxyl groups is 1. The average Bonchev–Trinajstić information content (AvgIpc) is 3.25. The number of rotatable bonds is 6. The zero-order chi connectivity index (χ0) is 23.0. The zero-order valence-electron chi connectivity index (χ0n) is 17.2. The molecular weight excluding hydrogens is 418 g/mol. The zero-order valence-corrected chi connectivity index (χ0v) is 17.2. The Morgan fingerprint density at radius 2 is 2.09 bits per heavy atom. The highest BCUT2D eigenvalue weighted by Gasteiger charge is 2.64. The van der Waals surface area contributed by atoms with E-state index in [1.54, 1.807) is 24.3 Å². The van der Waals surface area contributed by atoms with Crippen molar-refractivity contribution in [3.05, 3.63) is 63.7 Å². The maximum atomic E-state index is 13.2. The van der Waals surface area contributed by atoms with Crippen molar-refractivity contribution in [1.29, 1.82) is 5.26 Å². The van der Waals surface area contributed by atoms with Crippen LogP contribution in [-0.4, -0.2) is 53.0 Å². The summed E-state index contributed by atoms with van der Waals surface area (Å²) >= 11 is 0. The molecule has 2 aliphatic rings. The minimum Gasteiger partial charge on any atom is -0.497 e. The molecule has 0 aromatic heterocycles. The quantitative estimate of drug-likeness (QED) is 0.390. The maximum absolute atomic E-state index is 13.2. The Morgan fingerprint density at radius 1 is 1.31 bits per heavy atom. The first-order valence-corrected chi connectivity index (χ1v) is 9.57. The lowest BCUT2D eigenvalue weighted by Crippen LogP contribution is -2.51. The number of nitriles is 1.